The van der Waals surface area contributed by atoms with Gasteiger partial charge in [0, 0.05) is 31.7 Å². The first-order chi connectivity index (χ1) is 13.8. The molecule has 158 valence electrons. The number of aromatic nitrogens is 2. The number of aromatic hydroxyl groups is 1. The lowest BCUT2D eigenvalue weighted by Gasteiger charge is -2.51. The second-order valence-electron chi connectivity index (χ2n) is 7.92. The Balaban J connectivity index is 0.000000552. The van der Waals surface area contributed by atoms with Gasteiger partial charge in [0.25, 0.3) is 6.43 Å². The minimum Gasteiger partial charge on any atom is -0.504 e. The Labute approximate surface area is 168 Å². The molecule has 3 heterocycles. The molecule has 1 fully saturated rings. The van der Waals surface area contributed by atoms with Gasteiger partial charge < -0.3 is 20.6 Å². The van der Waals surface area contributed by atoms with Crippen LogP contribution in [-0.2, 0) is 0 Å². The predicted octanol–water partition coefficient (Wildman–Crippen LogP) is 3.49. The summed E-state index contributed by atoms with van der Waals surface area (Å²) in [7, 11) is 0. The number of hydrogen-bond donors (Lipinski definition) is 3. The van der Waals surface area contributed by atoms with Crippen molar-refractivity contribution in [2.75, 3.05) is 36.4 Å². The molecule has 6 nitrogen and oxygen atoms in total. The van der Waals surface area contributed by atoms with Crippen LogP contribution >= 0.6 is 0 Å². The molecule has 9 heteroatoms. The third-order valence-electron chi connectivity index (χ3n) is 4.78. The molecule has 1 saturated heterocycles. The van der Waals surface area contributed by atoms with Gasteiger partial charge in [0.2, 0.25) is 0 Å². The van der Waals surface area contributed by atoms with E-state index in [1.165, 1.54) is 12.1 Å². The number of para-hydroxylation sites is 1. The Morgan fingerprint density at radius 2 is 1.90 bits per heavy atom. The van der Waals surface area contributed by atoms with Crippen molar-refractivity contribution in [2.24, 2.45) is 5.92 Å². The minimum absolute atomic E-state index is 0.0455. The van der Waals surface area contributed by atoms with Crippen molar-refractivity contribution in [3.05, 3.63) is 30.1 Å². The van der Waals surface area contributed by atoms with Crippen LogP contribution in [-0.4, -0.2) is 53.4 Å². The van der Waals surface area contributed by atoms with E-state index in [1.54, 1.807) is 11.0 Å². The first-order valence-corrected chi connectivity index (χ1v) is 9.62. The molecular formula is C20H26F3N5O. The fourth-order valence-electron chi connectivity index (χ4n) is 3.41. The number of fused-ring (bicyclic) bond motifs is 3. The molecule has 1 atom stereocenters. The third-order valence-corrected chi connectivity index (χ3v) is 4.78. The largest absolute Gasteiger partial charge is 0.504 e. The van der Waals surface area contributed by atoms with Gasteiger partial charge in [-0.3, -0.25) is 0 Å². The smallest absolute Gasteiger partial charge is 0.264 e. The number of hydrogen-bond acceptors (Lipinski definition) is 6. The number of piperazine rings is 1. The number of phenolic OH excluding ortho intramolecular Hbond substituents is 1. The SMILES string of the molecule is CC(C)C.Oc1c(F)cccc1-c1cc2c(nn1)NCC1(C(F)F)CNCCN21. The monoisotopic (exact) mass is 409 g/mol. The maximum atomic E-state index is 13.8. The van der Waals surface area contributed by atoms with Crippen molar-refractivity contribution in [1.29, 1.82) is 0 Å². The number of rotatable bonds is 2. The van der Waals surface area contributed by atoms with Crippen LogP contribution in [0.3, 0.4) is 0 Å². The van der Waals surface area contributed by atoms with Crippen molar-refractivity contribution in [3.8, 4) is 17.0 Å². The molecular weight excluding hydrogens is 383 g/mol. The molecule has 2 aliphatic heterocycles. The summed E-state index contributed by atoms with van der Waals surface area (Å²) in [4.78, 5) is 1.63. The molecule has 0 aliphatic carbocycles. The van der Waals surface area contributed by atoms with Gasteiger partial charge in [-0.2, -0.15) is 0 Å². The topological polar surface area (TPSA) is 73.3 Å². The van der Waals surface area contributed by atoms with Crippen LogP contribution in [0.4, 0.5) is 24.7 Å². The third kappa shape index (κ3) is 4.10. The van der Waals surface area contributed by atoms with Gasteiger partial charge in [0.1, 0.15) is 5.54 Å². The van der Waals surface area contributed by atoms with Crippen molar-refractivity contribution >= 4 is 11.5 Å². The van der Waals surface area contributed by atoms with E-state index in [2.05, 4.69) is 41.6 Å². The van der Waals surface area contributed by atoms with E-state index in [9.17, 15) is 18.3 Å². The molecule has 4 rings (SSSR count). The van der Waals surface area contributed by atoms with Crippen LogP contribution in [0.5, 0.6) is 5.75 Å². The Bertz CT molecular complexity index is 861. The molecule has 0 saturated carbocycles. The van der Waals surface area contributed by atoms with E-state index in [1.807, 2.05) is 0 Å². The van der Waals surface area contributed by atoms with Crippen LogP contribution in [0, 0.1) is 11.7 Å². The lowest BCUT2D eigenvalue weighted by atomic mass is 9.91. The molecule has 2 aromatic rings. The summed E-state index contributed by atoms with van der Waals surface area (Å²) in [6.07, 6.45) is -2.57. The highest BCUT2D eigenvalue weighted by Gasteiger charge is 2.50. The van der Waals surface area contributed by atoms with Crippen LogP contribution in [0.2, 0.25) is 0 Å². The van der Waals surface area contributed by atoms with Crippen LogP contribution < -0.4 is 15.5 Å². The van der Waals surface area contributed by atoms with Crippen molar-refractivity contribution in [3.63, 3.8) is 0 Å². The highest BCUT2D eigenvalue weighted by atomic mass is 19.3. The molecule has 1 aromatic carbocycles. The molecule has 0 spiro atoms. The first-order valence-electron chi connectivity index (χ1n) is 9.62. The molecule has 29 heavy (non-hydrogen) atoms. The standard InChI is InChI=1S/C16H16F3N5O.C4H10/c17-10-3-1-2-9(13(10)25)11-6-12-14(23-22-11)21-8-16(15(18)19)7-20-4-5-24(12)16;1-4(2)3/h1-3,6,15,20,25H,4-5,7-8H2,(H,21,23);4H,1-3H3. The fraction of sp³-hybridized carbons (Fsp3) is 0.500. The average molecular weight is 409 g/mol. The Morgan fingerprint density at radius 1 is 1.17 bits per heavy atom. The predicted molar refractivity (Wildman–Crippen MR) is 107 cm³/mol. The molecule has 1 aromatic heterocycles. The van der Waals surface area contributed by atoms with Gasteiger partial charge in [-0.15, -0.1) is 10.2 Å². The summed E-state index contributed by atoms with van der Waals surface area (Å²) in [6.45, 7) is 7.64. The highest BCUT2D eigenvalue weighted by molar-refractivity contribution is 5.77. The number of phenols is 1. The van der Waals surface area contributed by atoms with Crippen LogP contribution in [0.25, 0.3) is 11.3 Å². The molecule has 0 radical (unpaired) electrons. The van der Waals surface area contributed by atoms with E-state index in [0.29, 0.717) is 24.6 Å². The Morgan fingerprint density at radius 3 is 2.59 bits per heavy atom. The zero-order chi connectivity index (χ0) is 21.2. The number of nitrogens with zero attached hydrogens (tertiary/aromatic N) is 3. The zero-order valence-electron chi connectivity index (χ0n) is 16.7. The number of benzene rings is 1. The summed E-state index contributed by atoms with van der Waals surface area (Å²) in [5, 5.41) is 23.9. The maximum Gasteiger partial charge on any atom is 0.264 e. The molecule has 1 unspecified atom stereocenters. The normalized spacial score (nSPS) is 20.5. The maximum absolute atomic E-state index is 13.8. The van der Waals surface area contributed by atoms with Crippen molar-refractivity contribution in [1.82, 2.24) is 15.5 Å². The second-order valence-corrected chi connectivity index (χ2v) is 7.92. The Hall–Kier alpha value is -2.55. The van der Waals surface area contributed by atoms with E-state index in [4.69, 9.17) is 0 Å². The summed E-state index contributed by atoms with van der Waals surface area (Å²) >= 11 is 0. The number of alkyl halides is 2. The van der Waals surface area contributed by atoms with Gasteiger partial charge in [-0.25, -0.2) is 13.2 Å². The van der Waals surface area contributed by atoms with Gasteiger partial charge in [0.05, 0.1) is 11.4 Å². The van der Waals surface area contributed by atoms with Gasteiger partial charge in [-0.1, -0.05) is 26.8 Å². The molecule has 3 N–H and O–H groups in total. The molecule has 0 amide bonds. The quantitative estimate of drug-likeness (QED) is 0.705. The average Bonchev–Trinajstić information content (AvgIpc) is 2.69. The second kappa shape index (κ2) is 8.44. The van der Waals surface area contributed by atoms with Gasteiger partial charge in [-0.05, 0) is 24.1 Å². The van der Waals surface area contributed by atoms with Crippen molar-refractivity contribution in [2.45, 2.75) is 32.7 Å². The summed E-state index contributed by atoms with van der Waals surface area (Å²) in [5.74, 6) is -0.0852. The van der Waals surface area contributed by atoms with Crippen LogP contribution in [0.1, 0.15) is 20.8 Å². The first kappa shape index (κ1) is 21.2. The van der Waals surface area contributed by atoms with Crippen molar-refractivity contribution < 1.29 is 18.3 Å². The summed E-state index contributed by atoms with van der Waals surface area (Å²) in [5.41, 5.74) is -0.517. The van der Waals surface area contributed by atoms with E-state index < -0.39 is 23.5 Å². The molecule has 0 bridgehead atoms. The lowest BCUT2D eigenvalue weighted by molar-refractivity contribution is 0.0464. The Kier molecular flexibility index (Phi) is 6.16. The van der Waals surface area contributed by atoms with Gasteiger partial charge in [0.15, 0.2) is 17.4 Å². The summed E-state index contributed by atoms with van der Waals surface area (Å²) < 4.78 is 41.3. The van der Waals surface area contributed by atoms with E-state index in [0.717, 1.165) is 12.0 Å². The van der Waals surface area contributed by atoms with E-state index >= 15 is 0 Å². The highest BCUT2D eigenvalue weighted by Crippen LogP contribution is 2.41. The lowest BCUT2D eigenvalue weighted by Crippen LogP contribution is -2.70. The molecule has 2 aliphatic rings. The van der Waals surface area contributed by atoms with Gasteiger partial charge >= 0.3 is 0 Å². The minimum atomic E-state index is -2.57. The number of halogens is 3. The fourth-order valence-corrected chi connectivity index (χ4v) is 3.41. The summed E-state index contributed by atoms with van der Waals surface area (Å²) in [6, 6.07) is 5.64. The van der Waals surface area contributed by atoms with Crippen LogP contribution in [0.15, 0.2) is 24.3 Å². The number of anilines is 2. The zero-order valence-corrected chi connectivity index (χ0v) is 16.7. The number of nitrogens with one attached hydrogen (secondary N) is 2. The van der Waals surface area contributed by atoms with E-state index in [-0.39, 0.29) is 24.3 Å².